The highest BCUT2D eigenvalue weighted by Crippen LogP contribution is 2.35. The molecule has 1 atom stereocenters. The van der Waals surface area contributed by atoms with Crippen LogP contribution in [0.3, 0.4) is 0 Å². The first-order valence-electron chi connectivity index (χ1n) is 16.2. The van der Waals surface area contributed by atoms with E-state index in [1.807, 2.05) is 49.4 Å². The van der Waals surface area contributed by atoms with E-state index in [9.17, 15) is 9.59 Å². The first kappa shape index (κ1) is 30.6. The van der Waals surface area contributed by atoms with Crippen LogP contribution in [0, 0.1) is 6.92 Å². The van der Waals surface area contributed by atoms with Crippen LogP contribution in [-0.4, -0.2) is 45.2 Å². The highest BCUT2D eigenvalue weighted by Gasteiger charge is 2.37. The Bertz CT molecular complexity index is 1570. The molecule has 2 aliphatic carbocycles. The maximum atomic E-state index is 14.3. The van der Waals surface area contributed by atoms with Crippen LogP contribution in [0.2, 0.25) is 0 Å². The zero-order valence-corrected chi connectivity index (χ0v) is 26.2. The van der Waals surface area contributed by atoms with E-state index in [-0.39, 0.29) is 24.4 Å². The average molecular weight is 611 g/mol. The van der Waals surface area contributed by atoms with Gasteiger partial charge in [-0.05, 0) is 97.8 Å². The molecule has 10 heteroatoms. The van der Waals surface area contributed by atoms with Crippen molar-refractivity contribution in [2.24, 2.45) is 0 Å². The summed E-state index contributed by atoms with van der Waals surface area (Å²) in [5, 5.41) is 16.1. The molecule has 0 radical (unpaired) electrons. The number of hydrogen-bond donors (Lipinski definition) is 1. The number of benzene rings is 2. The van der Waals surface area contributed by atoms with E-state index < -0.39 is 6.04 Å². The van der Waals surface area contributed by atoms with Crippen LogP contribution in [0.1, 0.15) is 93.3 Å². The molecule has 4 aromatic rings. The third kappa shape index (κ3) is 7.27. The van der Waals surface area contributed by atoms with Crippen LogP contribution in [-0.2, 0) is 16.1 Å². The van der Waals surface area contributed by atoms with E-state index in [4.69, 9.17) is 9.15 Å². The number of tetrazole rings is 1. The van der Waals surface area contributed by atoms with Gasteiger partial charge in [0.05, 0.1) is 7.11 Å². The Labute approximate surface area is 264 Å². The molecule has 0 bridgehead atoms. The van der Waals surface area contributed by atoms with Gasteiger partial charge in [0.2, 0.25) is 5.82 Å². The molecule has 2 heterocycles. The molecule has 6 rings (SSSR count). The minimum atomic E-state index is -1.00. The molecule has 2 amide bonds. The molecule has 45 heavy (non-hydrogen) atoms. The van der Waals surface area contributed by atoms with Crippen molar-refractivity contribution in [3.05, 3.63) is 77.7 Å². The number of carbonyl (C=O) groups excluding carboxylic acids is 2. The van der Waals surface area contributed by atoms with Crippen molar-refractivity contribution < 1.29 is 18.7 Å². The van der Waals surface area contributed by atoms with Crippen LogP contribution in [0.25, 0.3) is 11.4 Å². The van der Waals surface area contributed by atoms with E-state index >= 15 is 0 Å². The molecule has 0 aliphatic heterocycles. The van der Waals surface area contributed by atoms with Crippen LogP contribution >= 0.6 is 0 Å². The summed E-state index contributed by atoms with van der Waals surface area (Å²) in [4.78, 5) is 31.2. The van der Waals surface area contributed by atoms with E-state index in [0.717, 1.165) is 37.0 Å². The number of amides is 2. The Hall–Kier alpha value is -4.47. The Balaban J connectivity index is 1.32. The van der Waals surface area contributed by atoms with Crippen molar-refractivity contribution in [2.45, 2.75) is 95.7 Å². The van der Waals surface area contributed by atoms with Gasteiger partial charge in [0.1, 0.15) is 23.8 Å². The molecule has 10 nitrogen and oxygen atoms in total. The maximum absolute atomic E-state index is 14.3. The smallest absolute Gasteiger partial charge is 0.251 e. The second-order valence-electron chi connectivity index (χ2n) is 12.3. The number of furan rings is 1. The van der Waals surface area contributed by atoms with E-state index in [1.54, 1.807) is 13.2 Å². The van der Waals surface area contributed by atoms with Gasteiger partial charge in [0.25, 0.3) is 11.8 Å². The number of carbonyl (C=O) groups is 2. The number of methoxy groups -OCH3 is 1. The lowest BCUT2D eigenvalue weighted by Crippen LogP contribution is -2.48. The highest BCUT2D eigenvalue weighted by molar-refractivity contribution is 6.01. The normalized spacial score (nSPS) is 16.7. The molecule has 2 saturated carbocycles. The Morgan fingerprint density at radius 2 is 1.62 bits per heavy atom. The lowest BCUT2D eigenvalue weighted by atomic mass is 9.84. The fourth-order valence-corrected chi connectivity index (χ4v) is 6.64. The number of nitrogens with zero attached hydrogens (tertiary/aromatic N) is 5. The Morgan fingerprint density at radius 1 is 0.933 bits per heavy atom. The van der Waals surface area contributed by atoms with Crippen LogP contribution in [0.5, 0.6) is 5.75 Å². The van der Waals surface area contributed by atoms with E-state index in [0.29, 0.717) is 29.0 Å². The molecular weight excluding hydrogens is 568 g/mol. The largest absolute Gasteiger partial charge is 0.497 e. The quantitative estimate of drug-likeness (QED) is 0.217. The average Bonchev–Trinajstić information content (AvgIpc) is 3.73. The van der Waals surface area contributed by atoms with Gasteiger partial charge in [-0.3, -0.25) is 14.5 Å². The van der Waals surface area contributed by atoms with Crippen molar-refractivity contribution in [1.29, 1.82) is 0 Å². The molecule has 2 aliphatic rings. The number of ether oxygens (including phenoxy) is 1. The second kappa shape index (κ2) is 14.1. The van der Waals surface area contributed by atoms with E-state index in [1.165, 1.54) is 53.8 Å². The molecule has 2 aromatic carbocycles. The number of hydrogen-bond acceptors (Lipinski definition) is 7. The van der Waals surface area contributed by atoms with Gasteiger partial charge >= 0.3 is 0 Å². The molecule has 2 aromatic heterocycles. The maximum Gasteiger partial charge on any atom is 0.251 e. The zero-order chi connectivity index (χ0) is 31.2. The zero-order valence-electron chi connectivity index (χ0n) is 26.2. The number of aryl methyl sites for hydroxylation is 1. The topological polar surface area (TPSA) is 115 Å². The minimum absolute atomic E-state index is 0.0690. The number of rotatable bonds is 10. The summed E-state index contributed by atoms with van der Waals surface area (Å²) in [5.41, 5.74) is 2.64. The van der Waals surface area contributed by atoms with Gasteiger partial charge in [-0.25, -0.2) is 0 Å². The summed E-state index contributed by atoms with van der Waals surface area (Å²) < 4.78 is 11.3. The first-order chi connectivity index (χ1) is 22.0. The number of aromatic nitrogens is 4. The summed E-state index contributed by atoms with van der Waals surface area (Å²) in [6.45, 7) is 1.63. The lowest BCUT2D eigenvalue weighted by molar-refractivity contribution is -0.128. The van der Waals surface area contributed by atoms with Crippen molar-refractivity contribution in [3.8, 4) is 17.1 Å². The van der Waals surface area contributed by atoms with Crippen molar-refractivity contribution in [2.75, 3.05) is 12.0 Å². The minimum Gasteiger partial charge on any atom is -0.497 e. The lowest BCUT2D eigenvalue weighted by Gasteiger charge is -2.32. The second-order valence-corrected chi connectivity index (χ2v) is 12.3. The first-order valence-corrected chi connectivity index (χ1v) is 16.2. The summed E-state index contributed by atoms with van der Waals surface area (Å²) in [5.74, 6) is 2.10. The Kier molecular flexibility index (Phi) is 9.57. The third-order valence-corrected chi connectivity index (χ3v) is 9.08. The van der Waals surface area contributed by atoms with Gasteiger partial charge in [-0.15, -0.1) is 10.2 Å². The van der Waals surface area contributed by atoms with Gasteiger partial charge in [-0.1, -0.05) is 50.7 Å². The summed E-state index contributed by atoms with van der Waals surface area (Å²) in [7, 11) is 1.61. The molecular formula is C35H42N6O4. The van der Waals surface area contributed by atoms with Gasteiger partial charge < -0.3 is 14.5 Å². The fraction of sp³-hybridized carbons (Fsp3) is 0.457. The number of anilines is 1. The van der Waals surface area contributed by atoms with E-state index in [2.05, 4.69) is 32.9 Å². The van der Waals surface area contributed by atoms with Crippen LogP contribution in [0.4, 0.5) is 5.69 Å². The third-order valence-electron chi connectivity index (χ3n) is 9.08. The fourth-order valence-electron chi connectivity index (χ4n) is 6.64. The molecule has 0 spiro atoms. The SMILES string of the molecule is COc1ccc(-c2nnn(CC(=O)N(c3ccc(C4CCCCC4)cc3)C(C(=O)NC3CCCCC3)c3ccc(C)o3)n2)cc1. The summed E-state index contributed by atoms with van der Waals surface area (Å²) in [6.07, 6.45) is 11.3. The molecule has 2 fully saturated rings. The molecule has 0 saturated heterocycles. The van der Waals surface area contributed by atoms with Gasteiger partial charge in [-0.2, -0.15) is 4.80 Å². The molecule has 236 valence electrons. The van der Waals surface area contributed by atoms with Crippen molar-refractivity contribution in [3.63, 3.8) is 0 Å². The van der Waals surface area contributed by atoms with Gasteiger partial charge in [0.15, 0.2) is 6.04 Å². The van der Waals surface area contributed by atoms with Crippen LogP contribution < -0.4 is 15.0 Å². The number of nitrogens with one attached hydrogen (secondary N) is 1. The Morgan fingerprint density at radius 3 is 2.27 bits per heavy atom. The van der Waals surface area contributed by atoms with Crippen molar-refractivity contribution in [1.82, 2.24) is 25.5 Å². The molecule has 1 N–H and O–H groups in total. The summed E-state index contributed by atoms with van der Waals surface area (Å²) >= 11 is 0. The standard InChI is InChI=1S/C35H42N6O4/c1-24-13-22-31(45-24)33(35(43)36-28-11-7-4-8-12-28)41(29-18-14-26(15-19-29)25-9-5-3-6-10-25)32(42)23-40-38-34(37-39-40)27-16-20-30(44-2)21-17-27/h13-22,25,28,33H,3-12,23H2,1-2H3,(H,36,43). The predicted octanol–water partition coefficient (Wildman–Crippen LogP) is 6.52. The van der Waals surface area contributed by atoms with Gasteiger partial charge in [0, 0.05) is 17.3 Å². The summed E-state index contributed by atoms with van der Waals surface area (Å²) in [6, 6.07) is 18.1. The molecule has 1 unspecified atom stereocenters. The predicted molar refractivity (Wildman–Crippen MR) is 171 cm³/mol. The van der Waals surface area contributed by atoms with Crippen LogP contribution in [0.15, 0.2) is 65.1 Å². The highest BCUT2D eigenvalue weighted by atomic mass is 16.5. The monoisotopic (exact) mass is 610 g/mol. The van der Waals surface area contributed by atoms with Crippen molar-refractivity contribution >= 4 is 17.5 Å².